The van der Waals surface area contributed by atoms with Gasteiger partial charge in [-0.2, -0.15) is 0 Å². The molecule has 164 valence electrons. The van der Waals surface area contributed by atoms with Crippen LogP contribution in [0.25, 0.3) is 0 Å². The van der Waals surface area contributed by atoms with E-state index in [0.29, 0.717) is 37.0 Å². The topological polar surface area (TPSA) is 58.6 Å². The molecule has 1 N–H and O–H groups in total. The predicted octanol–water partition coefficient (Wildman–Crippen LogP) is 4.28. The average molecular weight is 439 g/mol. The number of amides is 2. The molecule has 1 unspecified atom stereocenters. The lowest BCUT2D eigenvalue weighted by Crippen LogP contribution is -2.47. The third-order valence-electron chi connectivity index (χ3n) is 5.16. The van der Waals surface area contributed by atoms with Gasteiger partial charge in [-0.3, -0.25) is 9.59 Å². The Kier molecular flexibility index (Phi) is 8.74. The second-order valence-corrected chi connectivity index (χ2v) is 8.60. The molecule has 1 atom stereocenters. The Bertz CT molecular complexity index is 897. The number of benzene rings is 2. The van der Waals surface area contributed by atoms with Crippen molar-refractivity contribution in [1.29, 1.82) is 0 Å². The van der Waals surface area contributed by atoms with Crippen molar-refractivity contribution in [3.63, 3.8) is 0 Å². The number of rotatable bonds is 9. The Balaban J connectivity index is 1.46. The summed E-state index contributed by atoms with van der Waals surface area (Å²) >= 11 is 1.62. The molecule has 0 radical (unpaired) electrons. The number of thioether (sulfide) groups is 1. The molecule has 2 amide bonds. The minimum Gasteiger partial charge on any atom is -0.372 e. The lowest BCUT2D eigenvalue weighted by atomic mass is 10.1. The maximum atomic E-state index is 12.7. The first-order chi connectivity index (χ1) is 15.1. The van der Waals surface area contributed by atoms with Crippen LogP contribution in [0.5, 0.6) is 0 Å². The van der Waals surface area contributed by atoms with Crippen LogP contribution in [0.3, 0.4) is 0 Å². The summed E-state index contributed by atoms with van der Waals surface area (Å²) in [6.45, 7) is 5.38. The third kappa shape index (κ3) is 6.71. The van der Waals surface area contributed by atoms with Crippen molar-refractivity contribution >= 4 is 23.6 Å². The first kappa shape index (κ1) is 23.1. The molecule has 1 aliphatic rings. The number of ether oxygens (including phenoxy) is 1. The Hall–Kier alpha value is -2.57. The molecule has 0 aliphatic carbocycles. The molecule has 0 saturated carbocycles. The van der Waals surface area contributed by atoms with Crippen LogP contribution in [0, 0.1) is 0 Å². The van der Waals surface area contributed by atoms with Crippen molar-refractivity contribution in [3.05, 3.63) is 82.9 Å². The standard InChI is InChI=1S/C25H30N2O3S/c1-3-7-19(2)25(29)27-18-31-17-23(27)24(28)26-14-20-10-12-22(13-11-20)16-30-15-21-8-5-4-6-9-21/h4-13,23H,3,14-18H2,1-2H3,(H,26,28)/b19-7-. The van der Waals surface area contributed by atoms with Crippen LogP contribution >= 0.6 is 11.8 Å². The minimum atomic E-state index is -0.414. The van der Waals surface area contributed by atoms with Crippen molar-refractivity contribution < 1.29 is 14.3 Å². The fraction of sp³-hybridized carbons (Fsp3) is 0.360. The summed E-state index contributed by atoms with van der Waals surface area (Å²) in [6, 6.07) is 17.7. The molecule has 2 aromatic rings. The summed E-state index contributed by atoms with van der Waals surface area (Å²) in [4.78, 5) is 27.0. The quantitative estimate of drug-likeness (QED) is 0.594. The SMILES string of the molecule is CC/C=C(/C)C(=O)N1CSCC1C(=O)NCc1ccc(COCc2ccccc2)cc1. The van der Waals surface area contributed by atoms with E-state index in [1.807, 2.05) is 74.5 Å². The molecule has 1 aliphatic heterocycles. The van der Waals surface area contributed by atoms with Crippen molar-refractivity contribution in [2.75, 3.05) is 11.6 Å². The maximum Gasteiger partial charge on any atom is 0.250 e. The zero-order chi connectivity index (χ0) is 22.1. The Morgan fingerprint density at radius 1 is 1.06 bits per heavy atom. The van der Waals surface area contributed by atoms with Gasteiger partial charge >= 0.3 is 0 Å². The molecule has 1 heterocycles. The highest BCUT2D eigenvalue weighted by Crippen LogP contribution is 2.23. The van der Waals surface area contributed by atoms with E-state index in [1.165, 1.54) is 0 Å². The number of allylic oxidation sites excluding steroid dienone is 1. The number of hydrogen-bond donors (Lipinski definition) is 1. The second-order valence-electron chi connectivity index (χ2n) is 7.60. The van der Waals surface area contributed by atoms with Crippen LogP contribution in [0.1, 0.15) is 37.0 Å². The number of nitrogens with zero attached hydrogens (tertiary/aromatic N) is 1. The van der Waals surface area contributed by atoms with Gasteiger partial charge in [0, 0.05) is 17.9 Å². The molecule has 0 spiro atoms. The van der Waals surface area contributed by atoms with E-state index in [1.54, 1.807) is 16.7 Å². The van der Waals surface area contributed by atoms with E-state index >= 15 is 0 Å². The van der Waals surface area contributed by atoms with Gasteiger partial charge in [0.1, 0.15) is 6.04 Å². The molecule has 0 aromatic heterocycles. The van der Waals surface area contributed by atoms with Gasteiger partial charge in [-0.1, -0.05) is 67.6 Å². The number of carbonyl (C=O) groups is 2. The molecule has 1 saturated heterocycles. The molecular weight excluding hydrogens is 408 g/mol. The van der Waals surface area contributed by atoms with Crippen LogP contribution < -0.4 is 5.32 Å². The fourth-order valence-electron chi connectivity index (χ4n) is 3.40. The highest BCUT2D eigenvalue weighted by molar-refractivity contribution is 7.99. The Morgan fingerprint density at radius 3 is 2.39 bits per heavy atom. The van der Waals surface area contributed by atoms with Crippen LogP contribution in [-0.4, -0.2) is 34.4 Å². The van der Waals surface area contributed by atoms with E-state index in [-0.39, 0.29) is 11.8 Å². The summed E-state index contributed by atoms with van der Waals surface area (Å²) < 4.78 is 5.77. The highest BCUT2D eigenvalue weighted by atomic mass is 32.2. The normalized spacial score (nSPS) is 16.4. The fourth-order valence-corrected chi connectivity index (χ4v) is 4.56. The van der Waals surface area contributed by atoms with E-state index in [4.69, 9.17) is 4.74 Å². The summed E-state index contributed by atoms with van der Waals surface area (Å²) in [7, 11) is 0. The number of nitrogens with one attached hydrogen (secondary N) is 1. The summed E-state index contributed by atoms with van der Waals surface area (Å²) in [5.74, 6) is 1.04. The molecule has 6 heteroatoms. The molecule has 3 rings (SSSR count). The summed E-state index contributed by atoms with van der Waals surface area (Å²) in [6.07, 6.45) is 2.72. The van der Waals surface area contributed by atoms with Gasteiger partial charge in [-0.25, -0.2) is 0 Å². The number of hydrogen-bond acceptors (Lipinski definition) is 4. The van der Waals surface area contributed by atoms with Gasteiger partial charge in [0.15, 0.2) is 0 Å². The lowest BCUT2D eigenvalue weighted by Gasteiger charge is -2.23. The summed E-state index contributed by atoms with van der Waals surface area (Å²) in [5, 5.41) is 2.98. The zero-order valence-electron chi connectivity index (χ0n) is 18.2. The molecule has 2 aromatic carbocycles. The van der Waals surface area contributed by atoms with E-state index in [2.05, 4.69) is 5.32 Å². The number of carbonyl (C=O) groups excluding carboxylic acids is 2. The van der Waals surface area contributed by atoms with Crippen LogP contribution in [0.4, 0.5) is 0 Å². The van der Waals surface area contributed by atoms with Gasteiger partial charge in [-0.15, -0.1) is 11.8 Å². The molecule has 5 nitrogen and oxygen atoms in total. The van der Waals surface area contributed by atoms with Crippen molar-refractivity contribution in [2.45, 2.75) is 46.1 Å². The van der Waals surface area contributed by atoms with E-state index in [9.17, 15) is 9.59 Å². The third-order valence-corrected chi connectivity index (χ3v) is 6.18. The van der Waals surface area contributed by atoms with E-state index in [0.717, 1.165) is 23.1 Å². The summed E-state index contributed by atoms with van der Waals surface area (Å²) in [5.41, 5.74) is 3.96. The van der Waals surface area contributed by atoms with E-state index < -0.39 is 6.04 Å². The zero-order valence-corrected chi connectivity index (χ0v) is 19.0. The lowest BCUT2D eigenvalue weighted by molar-refractivity contribution is -0.135. The largest absolute Gasteiger partial charge is 0.372 e. The predicted molar refractivity (Wildman–Crippen MR) is 125 cm³/mol. The first-order valence-electron chi connectivity index (χ1n) is 10.6. The van der Waals surface area contributed by atoms with Gasteiger partial charge in [0.05, 0.1) is 19.1 Å². The monoisotopic (exact) mass is 438 g/mol. The Morgan fingerprint density at radius 2 is 1.71 bits per heavy atom. The average Bonchev–Trinajstić information content (AvgIpc) is 3.29. The van der Waals surface area contributed by atoms with Crippen molar-refractivity contribution in [1.82, 2.24) is 10.2 Å². The van der Waals surface area contributed by atoms with Gasteiger partial charge < -0.3 is 15.0 Å². The van der Waals surface area contributed by atoms with Crippen LogP contribution in [0.15, 0.2) is 66.2 Å². The smallest absolute Gasteiger partial charge is 0.250 e. The molecule has 0 bridgehead atoms. The second kappa shape index (κ2) is 11.7. The van der Waals surface area contributed by atoms with Gasteiger partial charge in [0.2, 0.25) is 5.91 Å². The molecular formula is C25H30N2O3S. The van der Waals surface area contributed by atoms with Gasteiger partial charge in [-0.05, 0) is 30.0 Å². The van der Waals surface area contributed by atoms with Crippen molar-refractivity contribution in [2.24, 2.45) is 0 Å². The van der Waals surface area contributed by atoms with Gasteiger partial charge in [0.25, 0.3) is 5.91 Å². The van der Waals surface area contributed by atoms with Crippen LogP contribution in [0.2, 0.25) is 0 Å². The first-order valence-corrected chi connectivity index (χ1v) is 11.8. The van der Waals surface area contributed by atoms with Crippen LogP contribution in [-0.2, 0) is 34.1 Å². The molecule has 31 heavy (non-hydrogen) atoms. The maximum absolute atomic E-state index is 12.7. The minimum absolute atomic E-state index is 0.0492. The van der Waals surface area contributed by atoms with Crippen molar-refractivity contribution in [3.8, 4) is 0 Å². The Labute approximate surface area is 188 Å². The molecule has 1 fully saturated rings. The highest BCUT2D eigenvalue weighted by Gasteiger charge is 2.34.